The number of hydrogen-bond acceptors (Lipinski definition) is 3. The van der Waals surface area contributed by atoms with Crippen LogP contribution < -0.4 is 0 Å². The van der Waals surface area contributed by atoms with Crippen molar-refractivity contribution in [3.05, 3.63) is 12.3 Å². The first-order chi connectivity index (χ1) is 6.64. The van der Waals surface area contributed by atoms with Crippen molar-refractivity contribution >= 4 is 12.4 Å². The summed E-state index contributed by atoms with van der Waals surface area (Å²) in [5.41, 5.74) is -0.403. The average Bonchev–Trinajstić information content (AvgIpc) is 2.15. The lowest BCUT2D eigenvalue weighted by atomic mass is 9.95. The smallest absolute Gasteiger partial charge is 0.409 e. The van der Waals surface area contributed by atoms with Gasteiger partial charge in [0.05, 0.1) is 6.34 Å². The van der Waals surface area contributed by atoms with Crippen molar-refractivity contribution in [1.82, 2.24) is 9.80 Å². The van der Waals surface area contributed by atoms with Crippen LogP contribution in [-0.2, 0) is 0 Å². The molecule has 0 spiro atoms. The third kappa shape index (κ3) is 1.16. The van der Waals surface area contributed by atoms with Gasteiger partial charge in [-0.3, -0.25) is 4.90 Å². The van der Waals surface area contributed by atoms with Gasteiger partial charge in [-0.2, -0.15) is 0 Å². The van der Waals surface area contributed by atoms with Crippen molar-refractivity contribution in [3.8, 4) is 0 Å². The quantitative estimate of drug-likeness (QED) is 0.677. The SMILES string of the molecule is CC1(N2C=NC=CC2)CCN1C(=O)O. The highest BCUT2D eigenvalue weighted by Gasteiger charge is 2.47. The van der Waals surface area contributed by atoms with Crippen LogP contribution in [0, 0.1) is 0 Å². The number of rotatable bonds is 1. The first-order valence-corrected chi connectivity index (χ1v) is 4.60. The molecule has 1 fully saturated rings. The standard InChI is InChI=1S/C9H13N3O2/c1-9(3-6-12(9)8(13)14)11-5-2-4-10-7-11/h2,4,7H,3,5-6H2,1H3,(H,13,14). The van der Waals surface area contributed by atoms with Crippen molar-refractivity contribution in [2.24, 2.45) is 4.99 Å². The molecule has 14 heavy (non-hydrogen) atoms. The van der Waals surface area contributed by atoms with E-state index in [9.17, 15) is 4.79 Å². The number of nitrogens with zero attached hydrogens (tertiary/aromatic N) is 3. The first kappa shape index (κ1) is 9.05. The zero-order valence-electron chi connectivity index (χ0n) is 8.05. The van der Waals surface area contributed by atoms with Gasteiger partial charge in [0.2, 0.25) is 0 Å². The van der Waals surface area contributed by atoms with Gasteiger partial charge in [-0.05, 0) is 13.0 Å². The Balaban J connectivity index is 2.12. The number of carbonyl (C=O) groups is 1. The Labute approximate surface area is 82.3 Å². The fraction of sp³-hybridized carbons (Fsp3) is 0.556. The number of amides is 1. The minimum atomic E-state index is -0.860. The fourth-order valence-electron chi connectivity index (χ4n) is 1.86. The zero-order valence-corrected chi connectivity index (χ0v) is 8.05. The molecule has 5 nitrogen and oxygen atoms in total. The lowest BCUT2D eigenvalue weighted by Gasteiger charge is -2.54. The average molecular weight is 195 g/mol. The number of carboxylic acid groups (broad SMARTS) is 1. The Morgan fingerprint density at radius 3 is 2.86 bits per heavy atom. The van der Waals surface area contributed by atoms with E-state index in [2.05, 4.69) is 4.99 Å². The number of likely N-dealkylation sites (tertiary alicyclic amines) is 1. The van der Waals surface area contributed by atoms with E-state index >= 15 is 0 Å². The zero-order chi connectivity index (χ0) is 10.2. The molecule has 0 aliphatic carbocycles. The molecule has 1 unspecified atom stereocenters. The van der Waals surface area contributed by atoms with Crippen molar-refractivity contribution in [2.45, 2.75) is 19.0 Å². The summed E-state index contributed by atoms with van der Waals surface area (Å²) in [5, 5.41) is 8.94. The van der Waals surface area contributed by atoms with E-state index in [1.807, 2.05) is 17.9 Å². The van der Waals surface area contributed by atoms with Crippen LogP contribution >= 0.6 is 0 Å². The van der Waals surface area contributed by atoms with Crippen LogP contribution in [0.15, 0.2) is 17.3 Å². The van der Waals surface area contributed by atoms with E-state index < -0.39 is 11.8 Å². The van der Waals surface area contributed by atoms with E-state index in [0.717, 1.165) is 13.0 Å². The van der Waals surface area contributed by atoms with Gasteiger partial charge in [0.25, 0.3) is 0 Å². The van der Waals surface area contributed by atoms with E-state index in [1.54, 1.807) is 12.5 Å². The fourth-order valence-corrected chi connectivity index (χ4v) is 1.86. The van der Waals surface area contributed by atoms with E-state index in [1.165, 1.54) is 4.90 Å². The maximum absolute atomic E-state index is 10.9. The Kier molecular flexibility index (Phi) is 1.94. The van der Waals surface area contributed by atoms with E-state index in [4.69, 9.17) is 5.11 Å². The molecule has 2 aliphatic rings. The van der Waals surface area contributed by atoms with Gasteiger partial charge in [-0.15, -0.1) is 0 Å². The van der Waals surface area contributed by atoms with Crippen LogP contribution in [0.25, 0.3) is 0 Å². The van der Waals surface area contributed by atoms with Gasteiger partial charge in [0, 0.05) is 25.7 Å². The highest BCUT2D eigenvalue weighted by Crippen LogP contribution is 2.33. The molecule has 0 saturated carbocycles. The van der Waals surface area contributed by atoms with Gasteiger partial charge in [0.15, 0.2) is 0 Å². The minimum Gasteiger partial charge on any atom is -0.465 e. The van der Waals surface area contributed by atoms with Crippen molar-refractivity contribution < 1.29 is 9.90 Å². The molecular formula is C9H13N3O2. The van der Waals surface area contributed by atoms with Gasteiger partial charge in [-0.25, -0.2) is 9.79 Å². The minimum absolute atomic E-state index is 0.403. The predicted molar refractivity (Wildman–Crippen MR) is 52.1 cm³/mol. The van der Waals surface area contributed by atoms with Crippen LogP contribution in [0.3, 0.4) is 0 Å². The highest BCUT2D eigenvalue weighted by atomic mass is 16.4. The molecule has 1 amide bonds. The van der Waals surface area contributed by atoms with Gasteiger partial charge < -0.3 is 10.0 Å². The maximum Gasteiger partial charge on any atom is 0.409 e. The van der Waals surface area contributed by atoms with Crippen LogP contribution in [0.2, 0.25) is 0 Å². The summed E-state index contributed by atoms with van der Waals surface area (Å²) in [6, 6.07) is 0. The summed E-state index contributed by atoms with van der Waals surface area (Å²) >= 11 is 0. The van der Waals surface area contributed by atoms with Gasteiger partial charge in [-0.1, -0.05) is 0 Å². The lowest BCUT2D eigenvalue weighted by Crippen LogP contribution is -2.68. The summed E-state index contributed by atoms with van der Waals surface area (Å²) in [5.74, 6) is 0. The normalized spacial score (nSPS) is 30.4. The Morgan fingerprint density at radius 1 is 1.64 bits per heavy atom. The van der Waals surface area contributed by atoms with E-state index in [-0.39, 0.29) is 0 Å². The maximum atomic E-state index is 10.9. The van der Waals surface area contributed by atoms with Crippen molar-refractivity contribution in [1.29, 1.82) is 0 Å². The van der Waals surface area contributed by atoms with Gasteiger partial charge in [0.1, 0.15) is 5.66 Å². The molecule has 2 aliphatic heterocycles. The Hall–Kier alpha value is -1.52. The molecule has 76 valence electrons. The monoisotopic (exact) mass is 195 g/mol. The van der Waals surface area contributed by atoms with Crippen LogP contribution in [-0.4, -0.2) is 46.1 Å². The lowest BCUT2D eigenvalue weighted by molar-refractivity contribution is -0.0621. The Morgan fingerprint density at radius 2 is 2.43 bits per heavy atom. The molecule has 0 aromatic rings. The molecule has 0 bridgehead atoms. The van der Waals surface area contributed by atoms with E-state index in [0.29, 0.717) is 6.54 Å². The first-order valence-electron chi connectivity index (χ1n) is 4.60. The molecule has 1 saturated heterocycles. The molecule has 5 heteroatoms. The number of hydrogen-bond donors (Lipinski definition) is 1. The summed E-state index contributed by atoms with van der Waals surface area (Å²) < 4.78 is 0. The largest absolute Gasteiger partial charge is 0.465 e. The molecule has 0 aromatic heterocycles. The molecule has 2 heterocycles. The predicted octanol–water partition coefficient (Wildman–Crippen LogP) is 0.944. The molecule has 0 radical (unpaired) electrons. The second-order valence-corrected chi connectivity index (χ2v) is 3.70. The second-order valence-electron chi connectivity index (χ2n) is 3.70. The highest BCUT2D eigenvalue weighted by molar-refractivity contribution is 5.69. The molecule has 1 N–H and O–H groups in total. The van der Waals surface area contributed by atoms with Crippen LogP contribution in [0.1, 0.15) is 13.3 Å². The summed E-state index contributed by atoms with van der Waals surface area (Å²) in [6.45, 7) is 3.26. The summed E-state index contributed by atoms with van der Waals surface area (Å²) in [6.07, 6.45) is 5.35. The molecule has 2 rings (SSSR count). The third-order valence-corrected chi connectivity index (χ3v) is 2.94. The van der Waals surface area contributed by atoms with Crippen LogP contribution in [0.5, 0.6) is 0 Å². The topological polar surface area (TPSA) is 56.1 Å². The summed E-state index contributed by atoms with van der Waals surface area (Å²) in [7, 11) is 0. The summed E-state index contributed by atoms with van der Waals surface area (Å²) in [4.78, 5) is 18.3. The van der Waals surface area contributed by atoms with Crippen molar-refractivity contribution in [3.63, 3.8) is 0 Å². The Bertz CT molecular complexity index is 313. The molecule has 0 aromatic carbocycles. The van der Waals surface area contributed by atoms with Crippen molar-refractivity contribution in [2.75, 3.05) is 13.1 Å². The third-order valence-electron chi connectivity index (χ3n) is 2.94. The second kappa shape index (κ2) is 3.01. The molecule has 1 atom stereocenters. The van der Waals surface area contributed by atoms with Crippen LogP contribution in [0.4, 0.5) is 4.79 Å². The number of aliphatic imine (C=N–C) groups is 1. The molecular weight excluding hydrogens is 182 g/mol. The van der Waals surface area contributed by atoms with Gasteiger partial charge >= 0.3 is 6.09 Å².